The van der Waals surface area contributed by atoms with Gasteiger partial charge < -0.3 is 29.2 Å². The van der Waals surface area contributed by atoms with Gasteiger partial charge in [0.1, 0.15) is 6.10 Å². The first-order valence-corrected chi connectivity index (χ1v) is 10.0. The highest BCUT2D eigenvalue weighted by atomic mass is 16.8. The van der Waals surface area contributed by atoms with Gasteiger partial charge in [-0.05, 0) is 31.9 Å². The van der Waals surface area contributed by atoms with Crippen molar-refractivity contribution in [3.8, 4) is 0 Å². The first-order valence-electron chi connectivity index (χ1n) is 10.0. The van der Waals surface area contributed by atoms with Crippen molar-refractivity contribution in [3.05, 3.63) is 11.6 Å². The zero-order valence-electron chi connectivity index (χ0n) is 16.0. The largest absolute Gasteiger partial charge is 0.462 e. The molecule has 0 radical (unpaired) electrons. The molecule has 6 rings (SSSR count). The van der Waals surface area contributed by atoms with Gasteiger partial charge in [0.15, 0.2) is 11.9 Å². The van der Waals surface area contributed by atoms with Crippen molar-refractivity contribution in [2.75, 3.05) is 0 Å². The average Bonchev–Trinajstić information content (AvgIpc) is 3.21. The number of hydrogen-bond donors (Lipinski definition) is 2. The second kappa shape index (κ2) is 4.80. The third kappa shape index (κ3) is 1.77. The molecule has 0 aromatic heterocycles. The van der Waals surface area contributed by atoms with Crippen molar-refractivity contribution in [2.24, 2.45) is 29.6 Å². The van der Waals surface area contributed by atoms with Gasteiger partial charge in [-0.1, -0.05) is 6.92 Å². The zero-order valence-corrected chi connectivity index (χ0v) is 16.0. The number of esters is 2. The van der Waals surface area contributed by atoms with E-state index in [0.29, 0.717) is 18.4 Å². The molecule has 1 saturated carbocycles. The molecule has 2 N–H and O–H groups in total. The lowest BCUT2D eigenvalue weighted by Crippen LogP contribution is -2.64. The highest BCUT2D eigenvalue weighted by molar-refractivity contribution is 5.77. The van der Waals surface area contributed by atoms with E-state index in [0.717, 1.165) is 0 Å². The summed E-state index contributed by atoms with van der Waals surface area (Å²) < 4.78 is 23.8. The molecule has 5 fully saturated rings. The maximum atomic E-state index is 12.7. The minimum atomic E-state index is -1.82. The Hall–Kier alpha value is -1.48. The minimum absolute atomic E-state index is 0.266. The van der Waals surface area contributed by atoms with Crippen LogP contribution in [0.5, 0.6) is 0 Å². The normalized spacial score (nSPS) is 61.1. The summed E-state index contributed by atoms with van der Waals surface area (Å²) in [6.45, 7) is 5.18. The molecule has 6 aliphatic rings. The maximum Gasteiger partial charge on any atom is 0.312 e. The molecule has 0 amide bonds. The van der Waals surface area contributed by atoms with Crippen LogP contribution in [0.15, 0.2) is 11.6 Å². The predicted octanol–water partition coefficient (Wildman–Crippen LogP) is 0.257. The Balaban J connectivity index is 1.55. The van der Waals surface area contributed by atoms with Gasteiger partial charge in [0.25, 0.3) is 0 Å². The Morgan fingerprint density at radius 3 is 2.64 bits per heavy atom. The number of ether oxygens (including phenoxy) is 4. The van der Waals surface area contributed by atoms with Crippen LogP contribution in [0.1, 0.15) is 33.6 Å². The Morgan fingerprint density at radius 2 is 1.89 bits per heavy atom. The van der Waals surface area contributed by atoms with E-state index in [2.05, 4.69) is 0 Å². The molecule has 1 aliphatic carbocycles. The third-order valence-corrected chi connectivity index (χ3v) is 8.06. The van der Waals surface area contributed by atoms with E-state index in [1.54, 1.807) is 26.8 Å². The minimum Gasteiger partial charge on any atom is -0.462 e. The van der Waals surface area contributed by atoms with E-state index in [-0.39, 0.29) is 17.8 Å². The van der Waals surface area contributed by atoms with Crippen LogP contribution < -0.4 is 0 Å². The van der Waals surface area contributed by atoms with Gasteiger partial charge in [0.2, 0.25) is 5.79 Å². The lowest BCUT2D eigenvalue weighted by atomic mass is 9.68. The van der Waals surface area contributed by atoms with E-state index in [4.69, 9.17) is 18.9 Å². The van der Waals surface area contributed by atoms with Crippen LogP contribution in [0.4, 0.5) is 0 Å². The van der Waals surface area contributed by atoms with Crippen LogP contribution in [0.2, 0.25) is 0 Å². The zero-order chi connectivity index (χ0) is 19.8. The fourth-order valence-electron chi connectivity index (χ4n) is 6.90. The SMILES string of the molecule is CC1=C[C@]23O[C@@H](C[C@H]4[C@H](C)C(=O)O[C@@H]4[C@@]1(O)O2)[C@@H]1C(=O)O[C@H]2C[C@@](C)(O)[C@@H]3[C@@H]12. The topological polar surface area (TPSA) is 112 Å². The third-order valence-electron chi connectivity index (χ3n) is 8.06. The van der Waals surface area contributed by atoms with Gasteiger partial charge in [-0.15, -0.1) is 0 Å². The molecule has 28 heavy (non-hydrogen) atoms. The molecule has 152 valence electrons. The summed E-state index contributed by atoms with van der Waals surface area (Å²) in [6, 6.07) is 0. The monoisotopic (exact) mass is 392 g/mol. The van der Waals surface area contributed by atoms with Crippen molar-refractivity contribution < 1.29 is 38.7 Å². The number of carbonyl (C=O) groups is 2. The Kier molecular flexibility index (Phi) is 2.98. The smallest absolute Gasteiger partial charge is 0.312 e. The molecule has 8 heteroatoms. The van der Waals surface area contributed by atoms with Crippen molar-refractivity contribution in [3.63, 3.8) is 0 Å². The van der Waals surface area contributed by atoms with Crippen LogP contribution in [0.3, 0.4) is 0 Å². The van der Waals surface area contributed by atoms with Gasteiger partial charge >= 0.3 is 11.9 Å². The summed E-state index contributed by atoms with van der Waals surface area (Å²) in [5.41, 5.74) is -0.701. The predicted molar refractivity (Wildman–Crippen MR) is 90.1 cm³/mol. The Morgan fingerprint density at radius 1 is 1.14 bits per heavy atom. The Bertz CT molecular complexity index is 834. The summed E-state index contributed by atoms with van der Waals surface area (Å²) in [5, 5.41) is 22.7. The molecule has 11 atom stereocenters. The number of hydrogen-bond acceptors (Lipinski definition) is 8. The van der Waals surface area contributed by atoms with E-state index in [1.165, 1.54) is 0 Å². The Labute approximate surface area is 161 Å². The summed E-state index contributed by atoms with van der Waals surface area (Å²) in [6.07, 6.45) is 0.569. The molecular weight excluding hydrogens is 368 g/mol. The van der Waals surface area contributed by atoms with E-state index < -0.39 is 59.2 Å². The van der Waals surface area contributed by atoms with Gasteiger partial charge in [-0.2, -0.15) is 0 Å². The highest BCUT2D eigenvalue weighted by Crippen LogP contribution is 2.64. The van der Waals surface area contributed by atoms with E-state index >= 15 is 0 Å². The summed E-state index contributed by atoms with van der Waals surface area (Å²) in [4.78, 5) is 25.0. The van der Waals surface area contributed by atoms with Crippen LogP contribution in [0.25, 0.3) is 0 Å². The molecule has 5 aliphatic heterocycles. The number of fused-ring (bicyclic) bond motifs is 5. The van der Waals surface area contributed by atoms with Crippen molar-refractivity contribution in [1.82, 2.24) is 0 Å². The number of aliphatic hydroxyl groups is 2. The maximum absolute atomic E-state index is 12.7. The summed E-state index contributed by atoms with van der Waals surface area (Å²) >= 11 is 0. The fraction of sp³-hybridized carbons (Fsp3) is 0.800. The van der Waals surface area contributed by atoms with E-state index in [1.807, 2.05) is 0 Å². The molecule has 4 saturated heterocycles. The molecule has 0 aromatic rings. The fourth-order valence-corrected chi connectivity index (χ4v) is 6.90. The summed E-state index contributed by atoms with van der Waals surface area (Å²) in [7, 11) is 0. The second-order valence-electron chi connectivity index (χ2n) is 9.67. The van der Waals surface area contributed by atoms with Crippen LogP contribution in [-0.4, -0.2) is 57.6 Å². The van der Waals surface area contributed by atoms with Gasteiger partial charge in [-0.3, -0.25) is 9.59 Å². The van der Waals surface area contributed by atoms with E-state index in [9.17, 15) is 19.8 Å². The molecule has 0 unspecified atom stereocenters. The summed E-state index contributed by atoms with van der Waals surface area (Å²) in [5.74, 6) is -6.09. The van der Waals surface area contributed by atoms with Crippen molar-refractivity contribution in [1.29, 1.82) is 0 Å². The number of carbonyl (C=O) groups excluding carboxylic acids is 2. The van der Waals surface area contributed by atoms with Crippen molar-refractivity contribution in [2.45, 2.75) is 69.1 Å². The van der Waals surface area contributed by atoms with Crippen molar-refractivity contribution >= 4 is 11.9 Å². The first kappa shape index (κ1) is 17.4. The van der Waals surface area contributed by atoms with Gasteiger partial charge in [0.05, 0.1) is 29.5 Å². The van der Waals surface area contributed by atoms with Gasteiger partial charge in [0, 0.05) is 18.3 Å². The number of rotatable bonds is 0. The second-order valence-corrected chi connectivity index (χ2v) is 9.67. The van der Waals surface area contributed by atoms with Crippen LogP contribution >= 0.6 is 0 Å². The molecule has 0 aromatic carbocycles. The lowest BCUT2D eigenvalue weighted by Gasteiger charge is -2.53. The standard InChI is InChI=1S/C20H24O8/c1-7-5-19-14-12-11(6-18(14,3)23)25-17(22)13(12)10(27-19)4-9-8(2)16(21)26-15(9)20(7,24)28-19/h5,8-15,23-24H,4,6H2,1-3H3/t8-,9-,10-,11-,12+,13-,14-,15-,18+,19-,20-/m0/s1. The first-order chi connectivity index (χ1) is 13.1. The lowest BCUT2D eigenvalue weighted by molar-refractivity contribution is -0.390. The van der Waals surface area contributed by atoms with Gasteiger partial charge in [-0.25, -0.2) is 0 Å². The van der Waals surface area contributed by atoms with Crippen LogP contribution in [0, 0.1) is 29.6 Å². The molecule has 5 heterocycles. The molecule has 8 nitrogen and oxygen atoms in total. The van der Waals surface area contributed by atoms with Crippen LogP contribution in [-0.2, 0) is 28.5 Å². The highest BCUT2D eigenvalue weighted by Gasteiger charge is 2.76. The quantitative estimate of drug-likeness (QED) is 0.446. The average molecular weight is 392 g/mol. The molecule has 3 bridgehead atoms. The molecular formula is C20H24O8. The molecule has 1 spiro atoms.